The minimum absolute atomic E-state index is 0.0715. The zero-order chi connectivity index (χ0) is 58.6. The predicted molar refractivity (Wildman–Crippen MR) is 326 cm³/mol. The molecule has 0 aliphatic carbocycles. The molecule has 0 spiro atoms. The molecule has 2 rings (SSSR count). The topological polar surface area (TPSA) is 214 Å². The smallest absolute Gasteiger partial charge is 0.306 e. The van der Waals surface area contributed by atoms with E-state index >= 15 is 0 Å². The molecule has 0 aromatic heterocycles. The van der Waals surface area contributed by atoms with Crippen molar-refractivity contribution in [2.45, 2.75) is 390 Å². The van der Waals surface area contributed by atoms with Crippen molar-refractivity contribution in [2.75, 3.05) is 33.0 Å². The van der Waals surface area contributed by atoms with Gasteiger partial charge >= 0.3 is 5.97 Å². The Bertz CT molecular complexity index is 1340. The molecule has 81 heavy (non-hydrogen) atoms. The number of ether oxygens (including phenoxy) is 6. The maximum atomic E-state index is 13.1. The maximum absolute atomic E-state index is 13.1. The van der Waals surface area contributed by atoms with Crippen LogP contribution in [0.15, 0.2) is 0 Å². The lowest BCUT2D eigenvalue weighted by molar-refractivity contribution is -0.332. The van der Waals surface area contributed by atoms with Crippen LogP contribution >= 0.6 is 0 Å². The average molecular weight is 1160 g/mol. The number of aliphatic hydroxyl groups is 7. The van der Waals surface area contributed by atoms with Gasteiger partial charge in [0.2, 0.25) is 0 Å². The molecule has 0 saturated carbocycles. The molecule has 0 aromatic rings. The molecule has 0 radical (unpaired) electrons. The van der Waals surface area contributed by atoms with Crippen molar-refractivity contribution >= 4 is 5.97 Å². The third kappa shape index (κ3) is 40.1. The summed E-state index contributed by atoms with van der Waals surface area (Å²) in [4.78, 5) is 13.1. The normalized spacial score (nSPS) is 23.6. The van der Waals surface area contributed by atoms with Crippen molar-refractivity contribution in [1.82, 2.24) is 0 Å². The quantitative estimate of drug-likeness (QED) is 0.0223. The second-order valence-corrected chi connectivity index (χ2v) is 24.7. The molecule has 0 bridgehead atoms. The van der Waals surface area contributed by atoms with Gasteiger partial charge in [-0.25, -0.2) is 0 Å². The van der Waals surface area contributed by atoms with Gasteiger partial charge in [-0.1, -0.05) is 303 Å². The Labute approximate surface area is 495 Å². The molecule has 0 aromatic carbocycles. The van der Waals surface area contributed by atoms with Gasteiger partial charge in [0.25, 0.3) is 0 Å². The van der Waals surface area contributed by atoms with Gasteiger partial charge in [0.05, 0.1) is 26.4 Å². The number of carbonyl (C=O) groups is 1. The van der Waals surface area contributed by atoms with Crippen LogP contribution in [-0.4, -0.2) is 142 Å². The number of aliphatic hydroxyl groups excluding tert-OH is 7. The zero-order valence-corrected chi connectivity index (χ0v) is 52.3. The van der Waals surface area contributed by atoms with E-state index in [2.05, 4.69) is 13.8 Å². The fourth-order valence-electron chi connectivity index (χ4n) is 11.6. The van der Waals surface area contributed by atoms with Gasteiger partial charge in [0.15, 0.2) is 12.6 Å². The Morgan fingerprint density at radius 1 is 0.358 bits per heavy atom. The molecule has 11 unspecified atom stereocenters. The third-order valence-electron chi connectivity index (χ3n) is 17.1. The van der Waals surface area contributed by atoms with Gasteiger partial charge in [-0.3, -0.25) is 4.79 Å². The van der Waals surface area contributed by atoms with Gasteiger partial charge in [-0.2, -0.15) is 0 Å². The van der Waals surface area contributed by atoms with Crippen molar-refractivity contribution in [1.29, 1.82) is 0 Å². The number of carbonyl (C=O) groups excluding carboxylic acids is 1. The van der Waals surface area contributed by atoms with E-state index in [1.165, 1.54) is 257 Å². The van der Waals surface area contributed by atoms with Crippen LogP contribution in [0.2, 0.25) is 0 Å². The van der Waals surface area contributed by atoms with Crippen molar-refractivity contribution in [2.24, 2.45) is 0 Å². The molecule has 11 atom stereocenters. The summed E-state index contributed by atoms with van der Waals surface area (Å²) in [7, 11) is 0. The zero-order valence-electron chi connectivity index (χ0n) is 52.3. The Balaban J connectivity index is 1.63. The fourth-order valence-corrected chi connectivity index (χ4v) is 11.6. The monoisotopic (exact) mass is 1160 g/mol. The van der Waals surface area contributed by atoms with Gasteiger partial charge in [-0.15, -0.1) is 0 Å². The molecule has 2 aliphatic heterocycles. The van der Waals surface area contributed by atoms with E-state index in [1.54, 1.807) is 0 Å². The molecule has 14 heteroatoms. The SMILES string of the molecule is CCCCCCCCCCCCCCCCCCCCCCCCCCCC(=O)OC(COCCCCCCCCCCCCCCCCCCCCCCCC)COC1OC(COC2OC(CO)C(O)C(O)C2O)C(O)C(O)C1O. The number of hydrogen-bond donors (Lipinski definition) is 7. The van der Waals surface area contributed by atoms with Crippen molar-refractivity contribution in [3.05, 3.63) is 0 Å². The van der Waals surface area contributed by atoms with Crippen molar-refractivity contribution < 1.29 is 69.0 Å². The Hall–Kier alpha value is -1.01. The lowest BCUT2D eigenvalue weighted by atomic mass is 9.98. The molecule has 2 aliphatic rings. The summed E-state index contributed by atoms with van der Waals surface area (Å²) in [5.41, 5.74) is 0. The highest BCUT2D eigenvalue weighted by atomic mass is 16.7. The summed E-state index contributed by atoms with van der Waals surface area (Å²) >= 11 is 0. The fraction of sp³-hybridized carbons (Fsp3) is 0.985. The Morgan fingerprint density at radius 2 is 0.654 bits per heavy atom. The number of esters is 1. The van der Waals surface area contributed by atoms with Crippen LogP contribution in [0.25, 0.3) is 0 Å². The summed E-state index contributed by atoms with van der Waals surface area (Å²) in [6, 6.07) is 0. The van der Waals surface area contributed by atoms with Crippen LogP contribution in [0.1, 0.15) is 322 Å². The van der Waals surface area contributed by atoms with Gasteiger partial charge < -0.3 is 64.2 Å². The van der Waals surface area contributed by atoms with Crippen LogP contribution < -0.4 is 0 Å². The van der Waals surface area contributed by atoms with Crippen LogP contribution in [-0.2, 0) is 33.2 Å². The molecule has 14 nitrogen and oxygen atoms in total. The Kier molecular flexibility index (Phi) is 51.1. The van der Waals surface area contributed by atoms with Crippen molar-refractivity contribution in [3.8, 4) is 0 Å². The van der Waals surface area contributed by atoms with Crippen LogP contribution in [0.5, 0.6) is 0 Å². The molecule has 2 fully saturated rings. The minimum Gasteiger partial charge on any atom is -0.457 e. The molecular weight excluding hydrogens is 1030 g/mol. The second kappa shape index (κ2) is 54.4. The lowest BCUT2D eigenvalue weighted by Crippen LogP contribution is -2.61. The van der Waals surface area contributed by atoms with Crippen LogP contribution in [0, 0.1) is 0 Å². The first kappa shape index (κ1) is 76.1. The summed E-state index contributed by atoms with van der Waals surface area (Å²) in [6.45, 7) is 3.80. The van der Waals surface area contributed by atoms with E-state index in [1.807, 2.05) is 0 Å². The average Bonchev–Trinajstić information content (AvgIpc) is 3.46. The molecule has 0 amide bonds. The van der Waals surface area contributed by atoms with Crippen molar-refractivity contribution in [3.63, 3.8) is 0 Å². The predicted octanol–water partition coefficient (Wildman–Crippen LogP) is 14.3. The summed E-state index contributed by atoms with van der Waals surface area (Å²) in [5.74, 6) is -0.364. The first-order valence-corrected chi connectivity index (χ1v) is 34.6. The third-order valence-corrected chi connectivity index (χ3v) is 17.1. The van der Waals surface area contributed by atoms with E-state index in [9.17, 15) is 40.5 Å². The van der Waals surface area contributed by atoms with E-state index in [0.717, 1.165) is 44.9 Å². The highest BCUT2D eigenvalue weighted by Gasteiger charge is 2.47. The summed E-state index contributed by atoms with van der Waals surface area (Å²) in [5, 5.41) is 72.6. The number of hydrogen-bond acceptors (Lipinski definition) is 14. The lowest BCUT2D eigenvalue weighted by Gasteiger charge is -2.42. The molecular formula is C67H130O14. The van der Waals surface area contributed by atoms with Crippen LogP contribution in [0.4, 0.5) is 0 Å². The molecule has 7 N–H and O–H groups in total. The first-order valence-electron chi connectivity index (χ1n) is 34.6. The van der Waals surface area contributed by atoms with E-state index in [-0.39, 0.29) is 25.6 Å². The van der Waals surface area contributed by atoms with Crippen LogP contribution in [0.3, 0.4) is 0 Å². The van der Waals surface area contributed by atoms with Gasteiger partial charge in [-0.05, 0) is 12.8 Å². The maximum Gasteiger partial charge on any atom is 0.306 e. The van der Waals surface area contributed by atoms with E-state index < -0.39 is 80.7 Å². The molecule has 2 saturated heterocycles. The molecule has 482 valence electrons. The van der Waals surface area contributed by atoms with Gasteiger partial charge in [0, 0.05) is 13.0 Å². The van der Waals surface area contributed by atoms with E-state index in [4.69, 9.17) is 28.4 Å². The minimum atomic E-state index is -1.70. The summed E-state index contributed by atoms with van der Waals surface area (Å²) < 4.78 is 34.6. The highest BCUT2D eigenvalue weighted by molar-refractivity contribution is 5.69. The second-order valence-electron chi connectivity index (χ2n) is 24.7. The largest absolute Gasteiger partial charge is 0.457 e. The molecule has 2 heterocycles. The van der Waals surface area contributed by atoms with E-state index in [0.29, 0.717) is 6.61 Å². The summed E-state index contributed by atoms with van der Waals surface area (Å²) in [6.07, 6.45) is 46.1. The highest BCUT2D eigenvalue weighted by Crippen LogP contribution is 2.27. The number of rotatable bonds is 59. The standard InChI is InChI=1S/C67H130O14/c1-3-5-7-9-11-13-15-17-19-21-23-25-27-28-29-30-32-34-36-38-40-42-44-46-48-50-59(69)79-56(53-76-51-49-47-45-43-41-39-37-35-33-31-26-24-22-20-18-16-14-12-10-8-6-4-2)54-77-66-65(75)63(73)61(71)58(81-66)55-78-67-64(74)62(72)60(70)57(52-68)80-67/h56-58,60-68,70-75H,3-55H2,1-2H3. The van der Waals surface area contributed by atoms with Gasteiger partial charge in [0.1, 0.15) is 54.9 Å². The first-order chi connectivity index (χ1) is 39.6. The Morgan fingerprint density at radius 3 is 1.00 bits per heavy atom. The number of unbranched alkanes of at least 4 members (excludes halogenated alkanes) is 45.